The van der Waals surface area contributed by atoms with Crippen molar-refractivity contribution in [2.24, 2.45) is 0 Å². The number of hydrogen-bond donors (Lipinski definition) is 2. The molecule has 3 nitrogen and oxygen atoms in total. The summed E-state index contributed by atoms with van der Waals surface area (Å²) in [6.07, 6.45) is 0.823. The van der Waals surface area contributed by atoms with E-state index in [4.69, 9.17) is 5.11 Å². The van der Waals surface area contributed by atoms with Crippen LogP contribution in [0.3, 0.4) is 0 Å². The molecule has 0 aliphatic rings. The van der Waals surface area contributed by atoms with Gasteiger partial charge in [0.15, 0.2) is 0 Å². The van der Waals surface area contributed by atoms with Crippen LogP contribution in [0.4, 0.5) is 0 Å². The predicted octanol–water partition coefficient (Wildman–Crippen LogP) is 2.71. The third-order valence-electron chi connectivity index (χ3n) is 3.09. The monoisotopic (exact) mass is 222 g/mol. The molecule has 0 bridgehead atoms. The van der Waals surface area contributed by atoms with Gasteiger partial charge in [-0.3, -0.25) is 4.79 Å². The van der Waals surface area contributed by atoms with E-state index in [1.807, 2.05) is 6.07 Å². The molecule has 2 N–H and O–H groups in total. The van der Waals surface area contributed by atoms with Crippen molar-refractivity contribution in [3.63, 3.8) is 0 Å². The van der Waals surface area contributed by atoms with Gasteiger partial charge in [0.2, 0.25) is 0 Å². The average molecular weight is 222 g/mol. The second-order valence-electron chi connectivity index (χ2n) is 4.65. The van der Waals surface area contributed by atoms with Crippen molar-refractivity contribution in [1.82, 2.24) is 0 Å². The van der Waals surface area contributed by atoms with Crippen LogP contribution >= 0.6 is 0 Å². The number of carboxylic acids is 1. The van der Waals surface area contributed by atoms with Crippen LogP contribution in [-0.2, 0) is 16.6 Å². The van der Waals surface area contributed by atoms with E-state index in [0.29, 0.717) is 5.56 Å². The van der Waals surface area contributed by atoms with Crippen LogP contribution in [0.25, 0.3) is 0 Å². The minimum absolute atomic E-state index is 0.000946. The van der Waals surface area contributed by atoms with Gasteiger partial charge in [-0.05, 0) is 23.5 Å². The highest BCUT2D eigenvalue weighted by molar-refractivity contribution is 5.71. The maximum Gasteiger partial charge on any atom is 0.307 e. The number of aromatic hydroxyl groups is 1. The zero-order chi connectivity index (χ0) is 12.3. The van der Waals surface area contributed by atoms with Gasteiger partial charge in [0.1, 0.15) is 5.75 Å². The number of carbonyl (C=O) groups is 1. The molecule has 16 heavy (non-hydrogen) atoms. The molecule has 0 spiro atoms. The van der Waals surface area contributed by atoms with Crippen molar-refractivity contribution in [3.8, 4) is 5.75 Å². The second-order valence-corrected chi connectivity index (χ2v) is 4.65. The van der Waals surface area contributed by atoms with Gasteiger partial charge < -0.3 is 10.2 Å². The highest BCUT2D eigenvalue weighted by Gasteiger charge is 2.19. The zero-order valence-corrected chi connectivity index (χ0v) is 9.95. The first-order valence-corrected chi connectivity index (χ1v) is 5.41. The Morgan fingerprint density at radius 1 is 1.38 bits per heavy atom. The predicted molar refractivity (Wildman–Crippen MR) is 62.8 cm³/mol. The number of phenolic OH excluding ortho intramolecular Hbond substituents is 1. The summed E-state index contributed by atoms with van der Waals surface area (Å²) in [4.78, 5) is 10.6. The first-order valence-electron chi connectivity index (χ1n) is 5.41. The van der Waals surface area contributed by atoms with Gasteiger partial charge in [-0.25, -0.2) is 0 Å². The molecule has 0 amide bonds. The molecule has 0 unspecified atom stereocenters. The Labute approximate surface area is 95.7 Å². The quantitative estimate of drug-likeness (QED) is 0.823. The van der Waals surface area contributed by atoms with Gasteiger partial charge in [0.25, 0.3) is 0 Å². The van der Waals surface area contributed by atoms with E-state index in [-0.39, 0.29) is 17.6 Å². The number of carboxylic acid groups (broad SMARTS) is 1. The fourth-order valence-electron chi connectivity index (χ4n) is 1.52. The summed E-state index contributed by atoms with van der Waals surface area (Å²) in [5.41, 5.74) is 1.54. The van der Waals surface area contributed by atoms with Crippen molar-refractivity contribution in [2.75, 3.05) is 0 Å². The van der Waals surface area contributed by atoms with Crippen LogP contribution in [0.5, 0.6) is 5.75 Å². The van der Waals surface area contributed by atoms with Gasteiger partial charge in [0, 0.05) is 5.56 Å². The molecule has 1 rings (SSSR count). The summed E-state index contributed by atoms with van der Waals surface area (Å²) in [7, 11) is 0. The zero-order valence-electron chi connectivity index (χ0n) is 9.95. The Morgan fingerprint density at radius 2 is 2.00 bits per heavy atom. The molecule has 0 saturated heterocycles. The molecule has 0 aromatic heterocycles. The molecule has 0 fully saturated rings. The smallest absolute Gasteiger partial charge is 0.307 e. The topological polar surface area (TPSA) is 57.5 Å². The van der Waals surface area contributed by atoms with Crippen LogP contribution in [0.15, 0.2) is 18.2 Å². The summed E-state index contributed by atoms with van der Waals surface area (Å²) >= 11 is 0. The normalized spacial score (nSPS) is 11.4. The first-order chi connectivity index (χ1) is 7.36. The van der Waals surface area contributed by atoms with E-state index in [2.05, 4.69) is 20.8 Å². The summed E-state index contributed by atoms with van der Waals surface area (Å²) in [5.74, 6) is -0.875. The van der Waals surface area contributed by atoms with Crippen molar-refractivity contribution in [3.05, 3.63) is 29.3 Å². The summed E-state index contributed by atoms with van der Waals surface area (Å²) < 4.78 is 0. The lowest BCUT2D eigenvalue weighted by atomic mass is 9.81. The lowest BCUT2D eigenvalue weighted by Gasteiger charge is -2.24. The van der Waals surface area contributed by atoms with Crippen LogP contribution in [0.1, 0.15) is 38.3 Å². The summed E-state index contributed by atoms with van der Waals surface area (Å²) in [6, 6.07) is 5.21. The molecule has 0 aliphatic heterocycles. The van der Waals surface area contributed by atoms with Crippen LogP contribution in [0, 0.1) is 0 Å². The largest absolute Gasteiger partial charge is 0.508 e. The van der Waals surface area contributed by atoms with Gasteiger partial charge in [-0.15, -0.1) is 0 Å². The molecule has 0 atom stereocenters. The van der Waals surface area contributed by atoms with Gasteiger partial charge in [-0.1, -0.05) is 32.9 Å². The van der Waals surface area contributed by atoms with Crippen molar-refractivity contribution >= 4 is 5.97 Å². The highest BCUT2D eigenvalue weighted by Crippen LogP contribution is 2.30. The van der Waals surface area contributed by atoms with Crippen molar-refractivity contribution < 1.29 is 15.0 Å². The Bertz CT molecular complexity index is 394. The van der Waals surface area contributed by atoms with E-state index in [1.165, 1.54) is 0 Å². The standard InChI is InChI=1S/C13H18O3/c1-4-13(2,3)10-5-6-11(14)9(7-10)8-12(15)16/h5-7,14H,4,8H2,1-3H3,(H,15,16). The summed E-state index contributed by atoms with van der Waals surface area (Å²) in [6.45, 7) is 6.29. The maximum absolute atomic E-state index is 10.6. The molecule has 3 heteroatoms. The molecular weight excluding hydrogens is 204 g/mol. The number of aliphatic carboxylic acids is 1. The van der Waals surface area contributed by atoms with E-state index in [0.717, 1.165) is 12.0 Å². The minimum atomic E-state index is -0.929. The van der Waals surface area contributed by atoms with Gasteiger partial charge in [-0.2, -0.15) is 0 Å². The average Bonchev–Trinajstić information content (AvgIpc) is 2.20. The van der Waals surface area contributed by atoms with E-state index in [9.17, 15) is 9.90 Å². The first kappa shape index (κ1) is 12.6. The fourth-order valence-corrected chi connectivity index (χ4v) is 1.52. The molecular formula is C13H18O3. The van der Waals surface area contributed by atoms with Gasteiger partial charge >= 0.3 is 5.97 Å². The molecule has 0 radical (unpaired) electrons. The number of benzene rings is 1. The lowest BCUT2D eigenvalue weighted by molar-refractivity contribution is -0.136. The number of hydrogen-bond acceptors (Lipinski definition) is 2. The SMILES string of the molecule is CCC(C)(C)c1ccc(O)c(CC(=O)O)c1. The van der Waals surface area contributed by atoms with Crippen LogP contribution in [-0.4, -0.2) is 16.2 Å². The van der Waals surface area contributed by atoms with Crippen LogP contribution < -0.4 is 0 Å². The van der Waals surface area contributed by atoms with E-state index in [1.54, 1.807) is 12.1 Å². The third-order valence-corrected chi connectivity index (χ3v) is 3.09. The summed E-state index contributed by atoms with van der Waals surface area (Å²) in [5, 5.41) is 18.3. The van der Waals surface area contributed by atoms with Gasteiger partial charge in [0.05, 0.1) is 6.42 Å². The Morgan fingerprint density at radius 3 is 2.50 bits per heavy atom. The molecule has 0 aliphatic carbocycles. The fraction of sp³-hybridized carbons (Fsp3) is 0.462. The maximum atomic E-state index is 10.6. The Balaban J connectivity index is 3.12. The molecule has 88 valence electrons. The van der Waals surface area contributed by atoms with Crippen LogP contribution in [0.2, 0.25) is 0 Å². The highest BCUT2D eigenvalue weighted by atomic mass is 16.4. The Kier molecular flexibility index (Phi) is 3.58. The Hall–Kier alpha value is -1.51. The van der Waals surface area contributed by atoms with Crippen molar-refractivity contribution in [2.45, 2.75) is 39.0 Å². The molecule has 0 heterocycles. The molecule has 0 saturated carbocycles. The van der Waals surface area contributed by atoms with E-state index >= 15 is 0 Å². The number of phenols is 1. The minimum Gasteiger partial charge on any atom is -0.508 e. The molecule has 1 aromatic rings. The lowest BCUT2D eigenvalue weighted by Crippen LogP contribution is -2.16. The second kappa shape index (κ2) is 4.56. The molecule has 1 aromatic carbocycles. The van der Waals surface area contributed by atoms with Crippen molar-refractivity contribution in [1.29, 1.82) is 0 Å². The van der Waals surface area contributed by atoms with E-state index < -0.39 is 5.97 Å². The number of rotatable bonds is 4. The third kappa shape index (κ3) is 2.75.